The molecule has 2 atom stereocenters. The van der Waals surface area contributed by atoms with Crippen LogP contribution in [0, 0.1) is 0 Å². The van der Waals surface area contributed by atoms with E-state index >= 15 is 0 Å². The number of rotatable bonds is 10. The summed E-state index contributed by atoms with van der Waals surface area (Å²) in [5.41, 5.74) is 4.01. The zero-order valence-electron chi connectivity index (χ0n) is 18.7. The molecule has 1 aliphatic rings. The summed E-state index contributed by atoms with van der Waals surface area (Å²) in [4.78, 5) is 12.8. The van der Waals surface area contributed by atoms with Gasteiger partial charge in [0.25, 0.3) is 5.91 Å². The van der Waals surface area contributed by atoms with E-state index in [-0.39, 0.29) is 18.7 Å². The highest BCUT2D eigenvalue weighted by atomic mass is 31.2. The number of hydrogen-bond acceptors (Lipinski definition) is 4. The molecule has 0 radical (unpaired) electrons. The first-order valence-corrected chi connectivity index (χ1v) is 13.2. The average molecular weight is 464 g/mol. The number of carbonyl (C=O) groups excluding carboxylic acids is 1. The van der Waals surface area contributed by atoms with Crippen molar-refractivity contribution in [3.63, 3.8) is 0 Å². The minimum Gasteiger partial charge on any atom is -0.324 e. The molecule has 3 aromatic carbocycles. The first-order valence-electron chi connectivity index (χ1n) is 11.5. The highest BCUT2D eigenvalue weighted by molar-refractivity contribution is 7.53. The molecule has 33 heavy (non-hydrogen) atoms. The average Bonchev–Trinajstić information content (AvgIpc) is 3.00. The molecule has 0 saturated carbocycles. The van der Waals surface area contributed by atoms with E-state index in [4.69, 9.17) is 9.05 Å². The fourth-order valence-electron chi connectivity index (χ4n) is 3.96. The molecule has 0 aliphatic carbocycles. The summed E-state index contributed by atoms with van der Waals surface area (Å²) < 4.78 is 25.7. The van der Waals surface area contributed by atoms with E-state index in [2.05, 4.69) is 17.4 Å². The Morgan fingerprint density at radius 1 is 0.848 bits per heavy atom. The molecule has 0 spiro atoms. The van der Waals surface area contributed by atoms with Crippen LogP contribution in [-0.4, -0.2) is 18.2 Å². The molecule has 0 aromatic heterocycles. The molecule has 6 heteroatoms. The van der Waals surface area contributed by atoms with Crippen molar-refractivity contribution in [2.24, 2.45) is 0 Å². The van der Waals surface area contributed by atoms with E-state index in [0.717, 1.165) is 29.7 Å². The maximum atomic E-state index is 13.8. The van der Waals surface area contributed by atoms with Crippen LogP contribution in [0.4, 0.5) is 5.69 Å². The second-order valence-corrected chi connectivity index (χ2v) is 10.5. The van der Waals surface area contributed by atoms with Crippen molar-refractivity contribution in [2.45, 2.75) is 44.8 Å². The summed E-state index contributed by atoms with van der Waals surface area (Å²) in [5, 5.41) is 2.92. The molecule has 3 aromatic rings. The van der Waals surface area contributed by atoms with Crippen LogP contribution < -0.4 is 5.32 Å². The molecule has 0 fully saturated rings. The van der Waals surface area contributed by atoms with E-state index < -0.39 is 13.7 Å². The van der Waals surface area contributed by atoms with E-state index in [1.165, 1.54) is 5.56 Å². The predicted octanol–water partition coefficient (Wildman–Crippen LogP) is 6.39. The van der Waals surface area contributed by atoms with Gasteiger partial charge in [-0.05, 0) is 54.9 Å². The number of aryl methyl sites for hydroxylation is 2. The van der Waals surface area contributed by atoms with E-state index in [1.807, 2.05) is 72.8 Å². The summed E-state index contributed by atoms with van der Waals surface area (Å²) >= 11 is 0. The van der Waals surface area contributed by atoms with Gasteiger partial charge in [0.1, 0.15) is 6.10 Å². The number of carbonyl (C=O) groups is 1. The number of anilines is 1. The van der Waals surface area contributed by atoms with Crippen LogP contribution >= 0.6 is 7.60 Å². The van der Waals surface area contributed by atoms with Gasteiger partial charge in [-0.15, -0.1) is 0 Å². The molecule has 172 valence electrons. The summed E-state index contributed by atoms with van der Waals surface area (Å²) in [5.74, 6) is -0.271. The van der Waals surface area contributed by atoms with Gasteiger partial charge in [-0.2, -0.15) is 0 Å². The largest absolute Gasteiger partial charge is 0.331 e. The molecule has 0 saturated heterocycles. The number of hydrogen-bond donors (Lipinski definition) is 1. The lowest BCUT2D eigenvalue weighted by Gasteiger charge is -2.23. The molecular formula is C27H30NO4P. The summed E-state index contributed by atoms with van der Waals surface area (Å²) in [6.07, 6.45) is 3.07. The minimum absolute atomic E-state index is 0.186. The lowest BCUT2D eigenvalue weighted by molar-refractivity contribution is -0.123. The lowest BCUT2D eigenvalue weighted by atomic mass is 10.1. The fourth-order valence-corrected chi connectivity index (χ4v) is 5.80. The second kappa shape index (κ2) is 11.4. The van der Waals surface area contributed by atoms with Gasteiger partial charge in [0.2, 0.25) is 0 Å². The van der Waals surface area contributed by atoms with Crippen molar-refractivity contribution in [1.82, 2.24) is 0 Å². The van der Waals surface area contributed by atoms with Crippen molar-refractivity contribution in [3.8, 4) is 0 Å². The first kappa shape index (κ1) is 23.4. The third-order valence-corrected chi connectivity index (χ3v) is 7.75. The fraction of sp³-hybridized carbons (Fsp3) is 0.296. The normalized spacial score (nSPS) is 17.5. The zero-order chi connectivity index (χ0) is 22.9. The van der Waals surface area contributed by atoms with Gasteiger partial charge in [-0.25, -0.2) is 0 Å². The second-order valence-electron chi connectivity index (χ2n) is 8.32. The number of benzene rings is 3. The van der Waals surface area contributed by atoms with Crippen molar-refractivity contribution >= 4 is 19.2 Å². The Kier molecular flexibility index (Phi) is 8.11. The number of para-hydroxylation sites is 1. The summed E-state index contributed by atoms with van der Waals surface area (Å²) in [6, 6.07) is 27.6. The lowest BCUT2D eigenvalue weighted by Crippen LogP contribution is -2.29. The Morgan fingerprint density at radius 3 is 2.27 bits per heavy atom. The molecule has 4 rings (SSSR count). The molecule has 2 unspecified atom stereocenters. The monoisotopic (exact) mass is 463 g/mol. The smallest absolute Gasteiger partial charge is 0.324 e. The summed E-state index contributed by atoms with van der Waals surface area (Å²) in [7, 11) is -3.49. The van der Waals surface area contributed by atoms with Crippen LogP contribution in [-0.2, 0) is 37.9 Å². The number of amides is 1. The Morgan fingerprint density at radius 2 is 1.52 bits per heavy atom. The topological polar surface area (TPSA) is 64.6 Å². The molecule has 5 nitrogen and oxygen atoms in total. The standard InChI is InChI=1S/C27H30NO4P/c29-27-26(19-18-24-16-7-8-17-25(24)28-27)32-33(30,31-21-23-14-5-2-6-15-23)20-10-9-13-22-11-3-1-4-12-22/h1-8,11-12,14-17,26H,9-10,13,18-21H2,(H,28,29). The van der Waals surface area contributed by atoms with Gasteiger partial charge in [-0.3, -0.25) is 13.9 Å². The third-order valence-electron chi connectivity index (χ3n) is 5.79. The molecule has 1 aliphatic heterocycles. The molecule has 1 amide bonds. The van der Waals surface area contributed by atoms with E-state index in [9.17, 15) is 9.36 Å². The number of fused-ring (bicyclic) bond motifs is 1. The van der Waals surface area contributed by atoms with Crippen molar-refractivity contribution in [1.29, 1.82) is 0 Å². The Hall–Kier alpha value is -2.72. The van der Waals surface area contributed by atoms with Crippen LogP contribution in [0.25, 0.3) is 0 Å². The van der Waals surface area contributed by atoms with Crippen LogP contribution in [0.15, 0.2) is 84.9 Å². The first-order chi connectivity index (χ1) is 16.1. The SMILES string of the molecule is O=C1Nc2ccccc2CCC1OP(=O)(CCCCc1ccccc1)OCc1ccccc1. The number of unbranched alkanes of at least 4 members (excludes halogenated alkanes) is 1. The van der Waals surface area contributed by atoms with Crippen LogP contribution in [0.2, 0.25) is 0 Å². The maximum Gasteiger partial charge on any atom is 0.331 e. The van der Waals surface area contributed by atoms with Gasteiger partial charge in [0, 0.05) is 5.69 Å². The quantitative estimate of drug-likeness (QED) is 0.280. The zero-order valence-corrected chi connectivity index (χ0v) is 19.6. The highest BCUT2D eigenvalue weighted by Crippen LogP contribution is 2.51. The Labute approximate surface area is 195 Å². The summed E-state index contributed by atoms with van der Waals surface area (Å²) in [6.45, 7) is 0.186. The van der Waals surface area contributed by atoms with Gasteiger partial charge < -0.3 is 9.84 Å². The Balaban J connectivity index is 1.41. The molecule has 0 bridgehead atoms. The van der Waals surface area contributed by atoms with Crippen molar-refractivity contribution in [3.05, 3.63) is 102 Å². The van der Waals surface area contributed by atoms with Crippen molar-refractivity contribution in [2.75, 3.05) is 11.5 Å². The third kappa shape index (κ3) is 6.88. The van der Waals surface area contributed by atoms with Gasteiger partial charge in [-0.1, -0.05) is 78.9 Å². The highest BCUT2D eigenvalue weighted by Gasteiger charge is 2.34. The van der Waals surface area contributed by atoms with E-state index in [1.54, 1.807) is 0 Å². The van der Waals surface area contributed by atoms with Gasteiger partial charge in [0.15, 0.2) is 0 Å². The molecule has 1 heterocycles. The van der Waals surface area contributed by atoms with Gasteiger partial charge in [0.05, 0.1) is 12.8 Å². The maximum absolute atomic E-state index is 13.8. The van der Waals surface area contributed by atoms with Crippen LogP contribution in [0.5, 0.6) is 0 Å². The van der Waals surface area contributed by atoms with Crippen molar-refractivity contribution < 1.29 is 18.4 Å². The van der Waals surface area contributed by atoms with Crippen LogP contribution in [0.3, 0.4) is 0 Å². The Bertz CT molecular complexity index is 1090. The van der Waals surface area contributed by atoms with Crippen LogP contribution in [0.1, 0.15) is 36.0 Å². The number of nitrogens with one attached hydrogen (secondary N) is 1. The molecular weight excluding hydrogens is 433 g/mol. The van der Waals surface area contributed by atoms with Gasteiger partial charge >= 0.3 is 7.60 Å². The van der Waals surface area contributed by atoms with E-state index in [0.29, 0.717) is 19.3 Å². The minimum atomic E-state index is -3.49. The predicted molar refractivity (Wildman–Crippen MR) is 131 cm³/mol. The molecule has 1 N–H and O–H groups in total.